The highest BCUT2D eigenvalue weighted by atomic mass is 16.5. The molecule has 2 fully saturated rings. The number of aryl methyl sites for hydroxylation is 1. The van der Waals surface area contributed by atoms with E-state index in [-0.39, 0.29) is 11.4 Å². The number of anilines is 1. The number of piperidine rings is 1. The van der Waals surface area contributed by atoms with Crippen LogP contribution in [0.1, 0.15) is 55.8 Å². The van der Waals surface area contributed by atoms with Crippen molar-refractivity contribution in [1.29, 1.82) is 0 Å². The van der Waals surface area contributed by atoms with Gasteiger partial charge in [-0.1, -0.05) is 84.0 Å². The van der Waals surface area contributed by atoms with Gasteiger partial charge in [0.15, 0.2) is 5.76 Å². The smallest absolute Gasteiger partial charge is 0.306 e. The van der Waals surface area contributed by atoms with Crippen molar-refractivity contribution < 1.29 is 14.1 Å². The van der Waals surface area contributed by atoms with Gasteiger partial charge in [-0.25, -0.2) is 0 Å². The molecule has 0 radical (unpaired) electrons. The molecule has 1 N–H and O–H groups in total. The lowest BCUT2D eigenvalue weighted by Crippen LogP contribution is -2.38. The summed E-state index contributed by atoms with van der Waals surface area (Å²) in [6.45, 7) is 7.45. The lowest BCUT2D eigenvalue weighted by Gasteiger charge is -2.32. The number of esters is 1. The van der Waals surface area contributed by atoms with Crippen LogP contribution in [0.15, 0.2) is 83.4 Å². The van der Waals surface area contributed by atoms with Gasteiger partial charge in [0.25, 0.3) is 0 Å². The number of hydrogen-bond donors (Lipinski definition) is 1. The van der Waals surface area contributed by atoms with Gasteiger partial charge >= 0.3 is 5.97 Å². The minimum Gasteiger partial charge on any atom is -0.466 e. The molecule has 1 aliphatic heterocycles. The van der Waals surface area contributed by atoms with Crippen molar-refractivity contribution >= 4 is 11.7 Å². The number of rotatable bonds is 10. The van der Waals surface area contributed by atoms with Crippen LogP contribution in [0, 0.1) is 6.92 Å². The van der Waals surface area contributed by atoms with Crippen molar-refractivity contribution in [1.82, 2.24) is 10.1 Å². The van der Waals surface area contributed by atoms with Crippen molar-refractivity contribution in [2.24, 2.45) is 0 Å². The van der Waals surface area contributed by atoms with E-state index in [9.17, 15) is 4.79 Å². The highest BCUT2D eigenvalue weighted by molar-refractivity contribution is 5.77. The van der Waals surface area contributed by atoms with Crippen LogP contribution in [0.2, 0.25) is 0 Å². The molecule has 1 saturated heterocycles. The van der Waals surface area contributed by atoms with Crippen LogP contribution in [0.4, 0.5) is 5.69 Å². The number of likely N-dealkylation sites (tertiary alicyclic amines) is 1. The molecule has 212 valence electrons. The first kappa shape index (κ1) is 27.3. The molecule has 0 amide bonds. The second-order valence-corrected chi connectivity index (χ2v) is 11.6. The number of aromatic nitrogens is 1. The van der Waals surface area contributed by atoms with Gasteiger partial charge in [-0.05, 0) is 61.8 Å². The molecule has 0 spiro atoms. The molecule has 0 bridgehead atoms. The lowest BCUT2D eigenvalue weighted by molar-refractivity contribution is -0.143. The van der Waals surface area contributed by atoms with Crippen LogP contribution in [-0.2, 0) is 21.5 Å². The molecule has 2 heterocycles. The Morgan fingerprint density at radius 3 is 2.22 bits per heavy atom. The number of nitrogens with zero attached hydrogens (tertiary/aromatic N) is 2. The summed E-state index contributed by atoms with van der Waals surface area (Å²) in [6.07, 6.45) is 4.73. The quantitative estimate of drug-likeness (QED) is 0.208. The van der Waals surface area contributed by atoms with E-state index in [0.29, 0.717) is 19.1 Å². The maximum atomic E-state index is 12.1. The Balaban J connectivity index is 1.09. The Kier molecular flexibility index (Phi) is 7.93. The zero-order valence-corrected chi connectivity index (χ0v) is 24.1. The Hall–Kier alpha value is -3.90. The van der Waals surface area contributed by atoms with Crippen LogP contribution >= 0.6 is 0 Å². The number of hydrogen-bond acceptors (Lipinski definition) is 6. The van der Waals surface area contributed by atoms with Crippen LogP contribution in [0.3, 0.4) is 0 Å². The van der Waals surface area contributed by atoms with Gasteiger partial charge in [0.2, 0.25) is 0 Å². The Morgan fingerprint density at radius 2 is 1.59 bits per heavy atom. The maximum absolute atomic E-state index is 12.1. The van der Waals surface area contributed by atoms with Crippen molar-refractivity contribution in [2.75, 3.05) is 25.0 Å². The number of carbonyl (C=O) groups is 1. The summed E-state index contributed by atoms with van der Waals surface area (Å²) < 4.78 is 11.0. The zero-order valence-electron chi connectivity index (χ0n) is 24.1. The number of ether oxygens (including phenoxy) is 1. The Morgan fingerprint density at radius 1 is 0.951 bits per heavy atom. The highest BCUT2D eigenvalue weighted by Crippen LogP contribution is 2.51. The normalized spacial score (nSPS) is 16.8. The van der Waals surface area contributed by atoms with Crippen molar-refractivity contribution in [3.63, 3.8) is 0 Å². The summed E-state index contributed by atoms with van der Waals surface area (Å²) in [4.78, 5) is 14.6. The van der Waals surface area contributed by atoms with Crippen LogP contribution in [0.25, 0.3) is 22.5 Å². The molecule has 1 aromatic heterocycles. The van der Waals surface area contributed by atoms with Crippen molar-refractivity contribution in [3.8, 4) is 22.5 Å². The summed E-state index contributed by atoms with van der Waals surface area (Å²) in [7, 11) is 0. The number of nitrogens with one attached hydrogen (secondary N) is 1. The third-order valence-corrected chi connectivity index (χ3v) is 8.67. The van der Waals surface area contributed by atoms with E-state index in [0.717, 1.165) is 79.1 Å². The van der Waals surface area contributed by atoms with Crippen LogP contribution in [-0.4, -0.2) is 41.8 Å². The fraction of sp³-hybridized carbons (Fsp3) is 0.371. The summed E-state index contributed by atoms with van der Waals surface area (Å²) in [5.41, 5.74) is 7.76. The molecule has 6 rings (SSSR count). The van der Waals surface area contributed by atoms with Gasteiger partial charge in [-0.2, -0.15) is 0 Å². The minimum absolute atomic E-state index is 0.0410. The lowest BCUT2D eigenvalue weighted by atomic mass is 9.91. The maximum Gasteiger partial charge on any atom is 0.306 e. The molecule has 3 aromatic carbocycles. The summed E-state index contributed by atoms with van der Waals surface area (Å²) in [5, 5.41) is 8.06. The van der Waals surface area contributed by atoms with Gasteiger partial charge < -0.3 is 14.6 Å². The number of benzene rings is 3. The summed E-state index contributed by atoms with van der Waals surface area (Å²) >= 11 is 0. The van der Waals surface area contributed by atoms with Crippen molar-refractivity contribution in [2.45, 2.75) is 64.0 Å². The van der Waals surface area contributed by atoms with E-state index in [1.807, 2.05) is 13.8 Å². The molecule has 0 unspecified atom stereocenters. The molecule has 1 saturated carbocycles. The summed E-state index contributed by atoms with van der Waals surface area (Å²) in [6, 6.07) is 28.3. The fourth-order valence-electron chi connectivity index (χ4n) is 6.05. The van der Waals surface area contributed by atoms with E-state index in [4.69, 9.17) is 9.26 Å². The standard InChI is InChI=1S/C35H39N3O3/c1-3-40-32(39)23-35(19-20-35)30-15-13-28(14-16-30)27-9-11-29(12-10-27)34-33(25(2)37-41-34)36-31-17-21-38(22-18-31)24-26-7-5-4-6-8-26/h4-16,31,36H,3,17-24H2,1-2H3. The number of carbonyl (C=O) groups excluding carboxylic acids is 1. The molecular weight excluding hydrogens is 510 g/mol. The second-order valence-electron chi connectivity index (χ2n) is 11.6. The monoisotopic (exact) mass is 549 g/mol. The van der Waals surface area contributed by atoms with Gasteiger partial charge in [-0.3, -0.25) is 9.69 Å². The van der Waals surface area contributed by atoms with Crippen LogP contribution < -0.4 is 5.32 Å². The predicted molar refractivity (Wildman–Crippen MR) is 163 cm³/mol. The van der Waals surface area contributed by atoms with E-state index in [1.54, 1.807) is 0 Å². The second kappa shape index (κ2) is 11.9. The molecule has 4 aromatic rings. The highest BCUT2D eigenvalue weighted by Gasteiger charge is 2.46. The Labute approximate surface area is 242 Å². The SMILES string of the molecule is CCOC(=O)CC1(c2ccc(-c3ccc(-c4onc(C)c4NC4CCN(Cc5ccccc5)CC4)cc3)cc2)CC1. The van der Waals surface area contributed by atoms with Crippen LogP contribution in [0.5, 0.6) is 0 Å². The summed E-state index contributed by atoms with van der Waals surface area (Å²) in [5.74, 6) is 0.695. The van der Waals surface area contributed by atoms with E-state index >= 15 is 0 Å². The largest absolute Gasteiger partial charge is 0.466 e. The third kappa shape index (κ3) is 6.23. The molecule has 1 aliphatic carbocycles. The molecule has 41 heavy (non-hydrogen) atoms. The molecule has 6 nitrogen and oxygen atoms in total. The molecule has 6 heteroatoms. The van der Waals surface area contributed by atoms with Gasteiger partial charge in [-0.15, -0.1) is 0 Å². The van der Waals surface area contributed by atoms with E-state index in [1.165, 1.54) is 11.1 Å². The van der Waals surface area contributed by atoms with Crippen molar-refractivity contribution in [3.05, 3.63) is 95.7 Å². The third-order valence-electron chi connectivity index (χ3n) is 8.67. The molecular formula is C35H39N3O3. The Bertz CT molecular complexity index is 1450. The fourth-order valence-corrected chi connectivity index (χ4v) is 6.05. The van der Waals surface area contributed by atoms with E-state index in [2.05, 4.69) is 94.2 Å². The first-order valence-corrected chi connectivity index (χ1v) is 14.9. The van der Waals surface area contributed by atoms with Gasteiger partial charge in [0.05, 0.1) is 13.0 Å². The zero-order chi connectivity index (χ0) is 28.2. The van der Waals surface area contributed by atoms with Gasteiger partial charge in [0.1, 0.15) is 11.4 Å². The first-order chi connectivity index (χ1) is 20.0. The average Bonchev–Trinajstić information content (AvgIpc) is 3.69. The first-order valence-electron chi connectivity index (χ1n) is 14.9. The minimum atomic E-state index is -0.102. The predicted octanol–water partition coefficient (Wildman–Crippen LogP) is 7.38. The molecule has 2 aliphatic rings. The van der Waals surface area contributed by atoms with E-state index < -0.39 is 0 Å². The van der Waals surface area contributed by atoms with Gasteiger partial charge in [0, 0.05) is 36.7 Å². The molecule has 0 atom stereocenters. The average molecular weight is 550 g/mol. The topological polar surface area (TPSA) is 67.6 Å².